The van der Waals surface area contributed by atoms with Gasteiger partial charge in [0.25, 0.3) is 0 Å². The van der Waals surface area contributed by atoms with E-state index >= 15 is 0 Å². The van der Waals surface area contributed by atoms with E-state index in [2.05, 4.69) is 38.7 Å². The monoisotopic (exact) mass is 253 g/mol. The predicted molar refractivity (Wildman–Crippen MR) is 71.9 cm³/mol. The molecule has 1 saturated heterocycles. The molecule has 0 bridgehead atoms. The number of nitrogens with zero attached hydrogens (tertiary/aromatic N) is 5. The number of hydrogen-bond acceptors (Lipinski definition) is 4. The van der Waals surface area contributed by atoms with Crippen LogP contribution in [0.3, 0.4) is 0 Å². The van der Waals surface area contributed by atoms with E-state index in [9.17, 15) is 0 Å². The van der Waals surface area contributed by atoms with Gasteiger partial charge in [0.05, 0.1) is 17.3 Å². The Morgan fingerprint density at radius 3 is 2.79 bits per heavy atom. The minimum atomic E-state index is 0.377. The highest BCUT2D eigenvalue weighted by atomic mass is 15.4. The summed E-state index contributed by atoms with van der Waals surface area (Å²) in [5, 5.41) is 13.6. The smallest absolute Gasteiger partial charge is 0.146 e. The highest BCUT2D eigenvalue weighted by Gasteiger charge is 2.31. The molecule has 5 nitrogen and oxygen atoms in total. The Kier molecular flexibility index (Phi) is 2.71. The Hall–Kier alpha value is -2.35. The summed E-state index contributed by atoms with van der Waals surface area (Å²) in [6.45, 7) is 5.79. The fraction of sp³-hybridized carbons (Fsp3) is 0.357. The summed E-state index contributed by atoms with van der Waals surface area (Å²) in [7, 11) is 0. The molecule has 1 fully saturated rings. The molecule has 3 rings (SSSR count). The summed E-state index contributed by atoms with van der Waals surface area (Å²) in [6, 6.07) is 8.25. The molecule has 2 aromatic rings. The van der Waals surface area contributed by atoms with Crippen molar-refractivity contribution in [2.45, 2.75) is 19.9 Å². The molecule has 0 radical (unpaired) electrons. The molecule has 0 aliphatic carbocycles. The molecule has 0 N–H and O–H groups in total. The van der Waals surface area contributed by atoms with Crippen LogP contribution in [-0.2, 0) is 0 Å². The van der Waals surface area contributed by atoms with Crippen LogP contribution in [0.25, 0.3) is 0 Å². The maximum Gasteiger partial charge on any atom is 0.146 e. The highest BCUT2D eigenvalue weighted by molar-refractivity contribution is 5.55. The molecule has 0 amide bonds. The molecule has 19 heavy (non-hydrogen) atoms. The van der Waals surface area contributed by atoms with Crippen molar-refractivity contribution < 1.29 is 0 Å². The summed E-state index contributed by atoms with van der Waals surface area (Å²) in [6.07, 6.45) is 1.73. The number of nitriles is 1. The maximum absolute atomic E-state index is 9.08. The van der Waals surface area contributed by atoms with Crippen molar-refractivity contribution >= 4 is 5.82 Å². The third-order valence-electron chi connectivity index (χ3n) is 3.46. The average Bonchev–Trinajstić information content (AvgIpc) is 2.67. The minimum absolute atomic E-state index is 0.377. The normalized spacial score (nSPS) is 15.1. The van der Waals surface area contributed by atoms with E-state index < -0.39 is 0 Å². The van der Waals surface area contributed by atoms with Gasteiger partial charge in [0, 0.05) is 25.0 Å². The van der Waals surface area contributed by atoms with Crippen LogP contribution in [0.5, 0.6) is 0 Å². The minimum Gasteiger partial charge on any atom is -0.351 e. The second-order valence-corrected chi connectivity index (χ2v) is 4.92. The first-order chi connectivity index (χ1) is 9.19. The summed E-state index contributed by atoms with van der Waals surface area (Å²) in [4.78, 5) is 6.43. The van der Waals surface area contributed by atoms with Gasteiger partial charge >= 0.3 is 0 Å². The average molecular weight is 253 g/mol. The Bertz CT molecular complexity index is 646. The van der Waals surface area contributed by atoms with Crippen molar-refractivity contribution in [3.63, 3.8) is 0 Å². The van der Waals surface area contributed by atoms with Crippen LogP contribution in [0, 0.1) is 25.2 Å². The van der Waals surface area contributed by atoms with Gasteiger partial charge in [0.2, 0.25) is 0 Å². The number of pyridine rings is 1. The van der Waals surface area contributed by atoms with Crippen molar-refractivity contribution in [2.75, 3.05) is 18.0 Å². The van der Waals surface area contributed by atoms with E-state index in [1.54, 1.807) is 18.3 Å². The van der Waals surface area contributed by atoms with Crippen LogP contribution in [0.4, 0.5) is 5.82 Å². The van der Waals surface area contributed by atoms with Crippen molar-refractivity contribution in [3.05, 3.63) is 41.3 Å². The van der Waals surface area contributed by atoms with Crippen LogP contribution in [0.15, 0.2) is 24.4 Å². The lowest BCUT2D eigenvalue weighted by atomic mass is 10.1. The summed E-state index contributed by atoms with van der Waals surface area (Å²) in [5.74, 6) is 0.780. The fourth-order valence-electron chi connectivity index (χ4n) is 2.53. The van der Waals surface area contributed by atoms with Gasteiger partial charge in [-0.15, -0.1) is 0 Å². The SMILES string of the molecule is Cc1cc(C)n(C2CN(c3ncccc3C#N)C2)n1. The van der Waals surface area contributed by atoms with Gasteiger partial charge in [-0.2, -0.15) is 10.4 Å². The Morgan fingerprint density at radius 2 is 2.16 bits per heavy atom. The zero-order valence-electron chi connectivity index (χ0n) is 11.0. The zero-order valence-corrected chi connectivity index (χ0v) is 11.0. The topological polar surface area (TPSA) is 57.7 Å². The van der Waals surface area contributed by atoms with Crippen LogP contribution in [-0.4, -0.2) is 27.9 Å². The predicted octanol–water partition coefficient (Wildman–Crippen LogP) is 1.83. The van der Waals surface area contributed by atoms with E-state index in [0.717, 1.165) is 24.6 Å². The molecule has 0 aromatic carbocycles. The number of hydrogen-bond donors (Lipinski definition) is 0. The zero-order chi connectivity index (χ0) is 13.4. The molecule has 0 unspecified atom stereocenters. The first kappa shape index (κ1) is 11.7. The summed E-state index contributed by atoms with van der Waals surface area (Å²) in [5.41, 5.74) is 2.87. The molecule has 0 saturated carbocycles. The van der Waals surface area contributed by atoms with Gasteiger partial charge < -0.3 is 4.90 Å². The van der Waals surface area contributed by atoms with Gasteiger partial charge in [0.15, 0.2) is 0 Å². The Labute approximate surface area is 112 Å². The molecular formula is C14H15N5. The molecule has 0 spiro atoms. The maximum atomic E-state index is 9.08. The van der Waals surface area contributed by atoms with Crippen LogP contribution < -0.4 is 4.90 Å². The standard InChI is InChI=1S/C14H15N5/c1-10-6-11(2)19(17-10)13-8-18(9-13)14-12(7-15)4-3-5-16-14/h3-6,13H,8-9H2,1-2H3. The van der Waals surface area contributed by atoms with Crippen molar-refractivity contribution in [1.29, 1.82) is 5.26 Å². The molecule has 5 heteroatoms. The van der Waals surface area contributed by atoms with E-state index in [4.69, 9.17) is 5.26 Å². The first-order valence-corrected chi connectivity index (χ1v) is 6.32. The van der Waals surface area contributed by atoms with Crippen LogP contribution >= 0.6 is 0 Å². The molecule has 3 heterocycles. The molecule has 1 aliphatic rings. The third kappa shape index (κ3) is 1.95. The van der Waals surface area contributed by atoms with Gasteiger partial charge in [-0.1, -0.05) is 0 Å². The molecule has 2 aromatic heterocycles. The quantitative estimate of drug-likeness (QED) is 0.819. The van der Waals surface area contributed by atoms with E-state index in [-0.39, 0.29) is 0 Å². The molecule has 96 valence electrons. The van der Waals surface area contributed by atoms with Gasteiger partial charge in [-0.25, -0.2) is 4.98 Å². The van der Waals surface area contributed by atoms with E-state index in [1.807, 2.05) is 6.92 Å². The number of aromatic nitrogens is 3. The fourth-order valence-corrected chi connectivity index (χ4v) is 2.53. The van der Waals surface area contributed by atoms with E-state index in [0.29, 0.717) is 11.6 Å². The number of rotatable bonds is 2. The highest BCUT2D eigenvalue weighted by Crippen LogP contribution is 2.28. The Balaban J connectivity index is 1.77. The third-order valence-corrected chi connectivity index (χ3v) is 3.46. The lowest BCUT2D eigenvalue weighted by molar-refractivity contribution is 0.358. The van der Waals surface area contributed by atoms with Gasteiger partial charge in [-0.3, -0.25) is 4.68 Å². The lowest BCUT2D eigenvalue weighted by Crippen LogP contribution is -2.49. The van der Waals surface area contributed by atoms with Gasteiger partial charge in [0.1, 0.15) is 11.9 Å². The summed E-state index contributed by atoms with van der Waals surface area (Å²) >= 11 is 0. The number of anilines is 1. The molecular weight excluding hydrogens is 238 g/mol. The Morgan fingerprint density at radius 1 is 1.37 bits per heavy atom. The molecule has 1 aliphatic heterocycles. The second kappa shape index (κ2) is 4.39. The second-order valence-electron chi connectivity index (χ2n) is 4.92. The van der Waals surface area contributed by atoms with Crippen molar-refractivity contribution in [2.24, 2.45) is 0 Å². The van der Waals surface area contributed by atoms with Crippen LogP contribution in [0.1, 0.15) is 23.0 Å². The molecule has 0 atom stereocenters. The van der Waals surface area contributed by atoms with Gasteiger partial charge in [-0.05, 0) is 32.0 Å². The van der Waals surface area contributed by atoms with Crippen molar-refractivity contribution in [3.8, 4) is 6.07 Å². The summed E-state index contributed by atoms with van der Waals surface area (Å²) < 4.78 is 2.07. The van der Waals surface area contributed by atoms with E-state index in [1.165, 1.54) is 5.69 Å². The largest absolute Gasteiger partial charge is 0.351 e. The van der Waals surface area contributed by atoms with Crippen molar-refractivity contribution in [1.82, 2.24) is 14.8 Å². The lowest BCUT2D eigenvalue weighted by Gasteiger charge is -2.40. The first-order valence-electron chi connectivity index (χ1n) is 6.32. The number of aryl methyl sites for hydroxylation is 2. The van der Waals surface area contributed by atoms with Crippen LogP contribution in [0.2, 0.25) is 0 Å².